The highest BCUT2D eigenvalue weighted by atomic mass is 35.5. The van der Waals surface area contributed by atoms with Gasteiger partial charge in [-0.1, -0.05) is 67.0 Å². The van der Waals surface area contributed by atoms with E-state index in [1.165, 1.54) is 0 Å². The SMILES string of the molecule is CCCc1nc(C)n(-c2ccc(OC(C)COC)cc2)c(=O)c1Cc1ccc(-c2ccccc2-c2noc(=O)[nH]2)cc1.Cl. The summed E-state index contributed by atoms with van der Waals surface area (Å²) in [5.41, 5.74) is 5.79. The lowest BCUT2D eigenvalue weighted by atomic mass is 9.96. The standard InChI is InChI=1S/C33H34N4O5.ClH/c1-5-8-30-29(32(38)37(22(3)34-30)25-15-17-26(18-16-25)41-21(2)20-40-4)19-23-11-13-24(14-12-23)27-9-6-7-10-28(27)31-35-33(39)42-36-31;/h6-7,9-18,21H,5,8,19-20H2,1-4H3,(H,35,36,39);1H. The van der Waals surface area contributed by atoms with E-state index >= 15 is 0 Å². The topological polar surface area (TPSA) is 112 Å². The molecule has 0 aliphatic heterocycles. The van der Waals surface area contributed by atoms with Crippen molar-refractivity contribution in [3.8, 4) is 34.0 Å². The lowest BCUT2D eigenvalue weighted by molar-refractivity contribution is 0.0921. The van der Waals surface area contributed by atoms with E-state index in [4.69, 9.17) is 19.0 Å². The molecule has 2 aromatic heterocycles. The molecule has 0 aliphatic rings. The molecule has 0 amide bonds. The van der Waals surface area contributed by atoms with Crippen LogP contribution < -0.4 is 16.1 Å². The third-order valence-corrected chi connectivity index (χ3v) is 7.02. The minimum atomic E-state index is -0.601. The summed E-state index contributed by atoms with van der Waals surface area (Å²) >= 11 is 0. The lowest BCUT2D eigenvalue weighted by Gasteiger charge is -2.17. The largest absolute Gasteiger partial charge is 0.488 e. The van der Waals surface area contributed by atoms with Gasteiger partial charge in [-0.25, -0.2) is 9.78 Å². The summed E-state index contributed by atoms with van der Waals surface area (Å²) < 4.78 is 17.4. The number of aromatic amines is 1. The maximum absolute atomic E-state index is 14.0. The predicted octanol–water partition coefficient (Wildman–Crippen LogP) is 5.93. The third kappa shape index (κ3) is 7.13. The zero-order valence-corrected chi connectivity index (χ0v) is 25.4. The van der Waals surface area contributed by atoms with Gasteiger partial charge in [0.25, 0.3) is 5.56 Å². The summed E-state index contributed by atoms with van der Waals surface area (Å²) in [6.07, 6.45) is 1.97. The summed E-state index contributed by atoms with van der Waals surface area (Å²) in [6, 6.07) is 23.2. The fraction of sp³-hybridized carbons (Fsp3) is 0.273. The molecule has 1 unspecified atom stereocenters. The Balaban J connectivity index is 0.00000423. The first-order valence-electron chi connectivity index (χ1n) is 14.0. The third-order valence-electron chi connectivity index (χ3n) is 7.02. The molecule has 0 bridgehead atoms. The number of halogens is 1. The van der Waals surface area contributed by atoms with Crippen molar-refractivity contribution in [2.45, 2.75) is 46.1 Å². The smallest absolute Gasteiger partial charge is 0.439 e. The molecular weight excluding hydrogens is 568 g/mol. The van der Waals surface area contributed by atoms with Crippen LogP contribution in [0.3, 0.4) is 0 Å². The van der Waals surface area contributed by atoms with Gasteiger partial charge in [-0.3, -0.25) is 18.9 Å². The zero-order valence-electron chi connectivity index (χ0n) is 24.6. The monoisotopic (exact) mass is 602 g/mol. The van der Waals surface area contributed by atoms with E-state index in [-0.39, 0.29) is 24.1 Å². The Labute approximate surface area is 255 Å². The molecule has 0 saturated carbocycles. The molecule has 10 heteroatoms. The fourth-order valence-corrected chi connectivity index (χ4v) is 5.11. The Bertz CT molecular complexity index is 1780. The van der Waals surface area contributed by atoms with Crippen LogP contribution in [0.4, 0.5) is 0 Å². The van der Waals surface area contributed by atoms with Crippen molar-refractivity contribution < 1.29 is 14.0 Å². The molecule has 3 aromatic carbocycles. The Morgan fingerprint density at radius 1 is 0.977 bits per heavy atom. The molecule has 0 aliphatic carbocycles. The number of ether oxygens (including phenoxy) is 2. The summed E-state index contributed by atoms with van der Waals surface area (Å²) in [5.74, 6) is 1.13. The Kier molecular flexibility index (Phi) is 10.3. The van der Waals surface area contributed by atoms with Gasteiger partial charge in [-0.2, -0.15) is 0 Å². The van der Waals surface area contributed by atoms with Gasteiger partial charge in [0.2, 0.25) is 0 Å². The van der Waals surface area contributed by atoms with Crippen LogP contribution in [0.1, 0.15) is 42.9 Å². The number of hydrogen-bond donors (Lipinski definition) is 1. The van der Waals surface area contributed by atoms with Crippen LogP contribution in [-0.4, -0.2) is 39.5 Å². The van der Waals surface area contributed by atoms with Gasteiger partial charge in [0.05, 0.1) is 18.0 Å². The molecule has 5 aromatic rings. The van der Waals surface area contributed by atoms with Gasteiger partial charge in [0.1, 0.15) is 17.7 Å². The second kappa shape index (κ2) is 14.1. The first-order valence-corrected chi connectivity index (χ1v) is 14.0. The number of nitrogens with zero attached hydrogens (tertiary/aromatic N) is 3. The van der Waals surface area contributed by atoms with Crippen molar-refractivity contribution in [1.82, 2.24) is 19.7 Å². The molecule has 0 fully saturated rings. The number of nitrogens with one attached hydrogen (secondary N) is 1. The molecule has 1 atom stereocenters. The van der Waals surface area contributed by atoms with Crippen molar-refractivity contribution in [3.05, 3.63) is 116 Å². The Morgan fingerprint density at radius 2 is 1.67 bits per heavy atom. The molecule has 1 N–H and O–H groups in total. The van der Waals surface area contributed by atoms with E-state index in [1.54, 1.807) is 11.7 Å². The average Bonchev–Trinajstić information content (AvgIpc) is 3.42. The van der Waals surface area contributed by atoms with Gasteiger partial charge in [-0.15, -0.1) is 12.4 Å². The lowest BCUT2D eigenvalue weighted by Crippen LogP contribution is -2.28. The summed E-state index contributed by atoms with van der Waals surface area (Å²) in [7, 11) is 1.64. The normalized spacial score (nSPS) is 11.6. The molecule has 43 heavy (non-hydrogen) atoms. The van der Waals surface area contributed by atoms with Crippen LogP contribution in [-0.2, 0) is 17.6 Å². The van der Waals surface area contributed by atoms with Gasteiger partial charge in [0.15, 0.2) is 5.82 Å². The minimum absolute atomic E-state index is 0. The second-order valence-corrected chi connectivity index (χ2v) is 10.2. The number of H-pyrrole nitrogens is 1. The van der Waals surface area contributed by atoms with E-state index in [1.807, 2.05) is 86.6 Å². The number of hydrogen-bond acceptors (Lipinski definition) is 7. The van der Waals surface area contributed by atoms with Crippen LogP contribution >= 0.6 is 12.4 Å². The van der Waals surface area contributed by atoms with E-state index in [0.29, 0.717) is 36.0 Å². The predicted molar refractivity (Wildman–Crippen MR) is 169 cm³/mol. The summed E-state index contributed by atoms with van der Waals surface area (Å²) in [5, 5.41) is 3.85. The summed E-state index contributed by atoms with van der Waals surface area (Å²) in [6.45, 7) is 6.38. The van der Waals surface area contributed by atoms with Crippen molar-refractivity contribution in [2.75, 3.05) is 13.7 Å². The molecule has 9 nitrogen and oxygen atoms in total. The first kappa shape index (κ1) is 31.5. The number of aromatic nitrogens is 4. The number of aryl methyl sites for hydroxylation is 2. The van der Waals surface area contributed by atoms with Crippen LogP contribution in [0.5, 0.6) is 5.75 Å². The Morgan fingerprint density at radius 3 is 2.30 bits per heavy atom. The zero-order chi connectivity index (χ0) is 29.6. The number of benzene rings is 3. The minimum Gasteiger partial charge on any atom is -0.488 e. The van der Waals surface area contributed by atoms with Gasteiger partial charge >= 0.3 is 5.76 Å². The van der Waals surface area contributed by atoms with Gasteiger partial charge in [-0.05, 0) is 61.2 Å². The maximum Gasteiger partial charge on any atom is 0.439 e. The van der Waals surface area contributed by atoms with Crippen molar-refractivity contribution in [1.29, 1.82) is 0 Å². The van der Waals surface area contributed by atoms with Crippen molar-refractivity contribution >= 4 is 12.4 Å². The quantitative estimate of drug-likeness (QED) is 0.199. The summed E-state index contributed by atoms with van der Waals surface area (Å²) in [4.78, 5) is 33.0. The molecular formula is C33H35ClN4O5. The first-order chi connectivity index (χ1) is 20.4. The second-order valence-electron chi connectivity index (χ2n) is 10.2. The fourth-order valence-electron chi connectivity index (χ4n) is 5.11. The van der Waals surface area contributed by atoms with E-state index in [9.17, 15) is 9.59 Å². The molecule has 0 saturated heterocycles. The molecule has 5 rings (SSSR count). The van der Waals surface area contributed by atoms with Crippen molar-refractivity contribution in [2.24, 2.45) is 0 Å². The van der Waals surface area contributed by atoms with Crippen molar-refractivity contribution in [3.63, 3.8) is 0 Å². The highest BCUT2D eigenvalue weighted by Gasteiger charge is 2.17. The van der Waals surface area contributed by atoms with Crippen LogP contribution in [0, 0.1) is 6.92 Å². The van der Waals surface area contributed by atoms with Crippen LogP contribution in [0.25, 0.3) is 28.2 Å². The highest BCUT2D eigenvalue weighted by Crippen LogP contribution is 2.30. The Hall–Kier alpha value is -4.47. The molecule has 224 valence electrons. The number of rotatable bonds is 11. The van der Waals surface area contributed by atoms with Crippen LogP contribution in [0.2, 0.25) is 0 Å². The van der Waals surface area contributed by atoms with E-state index < -0.39 is 5.76 Å². The molecule has 2 heterocycles. The average molecular weight is 603 g/mol. The number of methoxy groups -OCH3 is 1. The van der Waals surface area contributed by atoms with E-state index in [2.05, 4.69) is 17.1 Å². The van der Waals surface area contributed by atoms with Gasteiger partial charge in [0, 0.05) is 24.7 Å². The maximum atomic E-state index is 14.0. The molecule has 0 spiro atoms. The van der Waals surface area contributed by atoms with Gasteiger partial charge < -0.3 is 9.47 Å². The molecule has 0 radical (unpaired) electrons. The van der Waals surface area contributed by atoms with E-state index in [0.717, 1.165) is 46.5 Å². The van der Waals surface area contributed by atoms with Crippen LogP contribution in [0.15, 0.2) is 86.9 Å². The highest BCUT2D eigenvalue weighted by molar-refractivity contribution is 5.85.